The molecule has 0 fully saturated rings. The van der Waals surface area contributed by atoms with Crippen LogP contribution in [0.3, 0.4) is 0 Å². The lowest BCUT2D eigenvalue weighted by Gasteiger charge is -2.06. The summed E-state index contributed by atoms with van der Waals surface area (Å²) in [5.74, 6) is 0. The van der Waals surface area contributed by atoms with Gasteiger partial charge in [-0.05, 0) is 18.2 Å². The molecule has 0 aliphatic rings. The second kappa shape index (κ2) is 6.80. The first-order valence-electron chi connectivity index (χ1n) is 7.02. The van der Waals surface area contributed by atoms with Gasteiger partial charge in [-0.15, -0.1) is 0 Å². The Morgan fingerprint density at radius 1 is 1.00 bits per heavy atom. The third-order valence-corrected chi connectivity index (χ3v) is 4.46. The average Bonchev–Trinajstić information content (AvgIpc) is 2.87. The van der Waals surface area contributed by atoms with Crippen LogP contribution in [-0.2, 0) is 6.54 Å². The van der Waals surface area contributed by atoms with E-state index in [0.717, 1.165) is 12.1 Å². The lowest BCUT2D eigenvalue weighted by molar-refractivity contribution is 0.291. The lowest BCUT2D eigenvalue weighted by atomic mass is 10.2. The highest BCUT2D eigenvalue weighted by Crippen LogP contribution is 2.36. The number of H-pyrrole nitrogens is 1. The normalized spacial score (nSPS) is 11.1. The molecule has 0 aliphatic carbocycles. The first-order chi connectivity index (χ1) is 10.4. The molecule has 0 saturated carbocycles. The molecule has 4 heteroatoms. The van der Waals surface area contributed by atoms with Crippen LogP contribution in [0.2, 0.25) is 0 Å². The number of aromatic amines is 1. The zero-order valence-electron chi connectivity index (χ0n) is 11.7. The summed E-state index contributed by atoms with van der Waals surface area (Å²) < 4.78 is 0. The second-order valence-electron chi connectivity index (χ2n) is 4.79. The molecule has 21 heavy (non-hydrogen) atoms. The Morgan fingerprint density at radius 3 is 2.57 bits per heavy atom. The predicted molar refractivity (Wildman–Crippen MR) is 87.7 cm³/mol. The Hall–Kier alpha value is -1.75. The zero-order chi connectivity index (χ0) is 14.5. The number of rotatable bonds is 6. The molecule has 1 heterocycles. The molecule has 0 amide bonds. The molecule has 0 bridgehead atoms. The maximum atomic E-state index is 8.91. The van der Waals surface area contributed by atoms with Crippen molar-refractivity contribution >= 4 is 22.7 Å². The van der Waals surface area contributed by atoms with Crippen LogP contribution in [0, 0.1) is 0 Å². The number of aliphatic hydroxyl groups is 1. The number of benzene rings is 2. The quantitative estimate of drug-likeness (QED) is 0.611. The van der Waals surface area contributed by atoms with E-state index in [1.165, 1.54) is 20.9 Å². The van der Waals surface area contributed by atoms with Gasteiger partial charge in [-0.25, -0.2) is 0 Å². The maximum Gasteiger partial charge on any atom is 0.0556 e. The molecule has 3 nitrogen and oxygen atoms in total. The topological polar surface area (TPSA) is 48.0 Å². The van der Waals surface area contributed by atoms with Gasteiger partial charge < -0.3 is 15.4 Å². The fourth-order valence-corrected chi connectivity index (χ4v) is 3.38. The summed E-state index contributed by atoms with van der Waals surface area (Å²) >= 11 is 1.77. The third-order valence-electron chi connectivity index (χ3n) is 3.28. The number of aliphatic hydroxyl groups excluding tert-OH is 1. The number of nitrogens with one attached hydrogen (secondary N) is 2. The van der Waals surface area contributed by atoms with Crippen molar-refractivity contribution in [2.45, 2.75) is 16.3 Å². The molecule has 0 spiro atoms. The molecule has 0 unspecified atom stereocenters. The molecule has 0 saturated heterocycles. The first kappa shape index (κ1) is 14.2. The Bertz CT molecular complexity index is 709. The molecule has 1 aromatic heterocycles. The van der Waals surface area contributed by atoms with Crippen molar-refractivity contribution in [3.05, 3.63) is 60.3 Å². The maximum absolute atomic E-state index is 8.91. The molecule has 2 aromatic carbocycles. The second-order valence-corrected chi connectivity index (χ2v) is 5.88. The minimum atomic E-state index is 0.154. The van der Waals surface area contributed by atoms with Crippen LogP contribution in [0.15, 0.2) is 64.4 Å². The van der Waals surface area contributed by atoms with E-state index < -0.39 is 0 Å². The minimum Gasteiger partial charge on any atom is -0.395 e. The number of hydrogen-bond acceptors (Lipinski definition) is 3. The standard InChI is InChI=1S/C17H18N2OS/c20-11-10-18-12-16-17(21-13-6-2-1-3-7-13)14-8-4-5-9-15(14)19-16/h1-9,18-20H,10-12H2. The van der Waals surface area contributed by atoms with E-state index in [-0.39, 0.29) is 6.61 Å². The van der Waals surface area contributed by atoms with E-state index >= 15 is 0 Å². The summed E-state index contributed by atoms with van der Waals surface area (Å²) in [7, 11) is 0. The molecule has 3 N–H and O–H groups in total. The average molecular weight is 298 g/mol. The molecule has 0 aliphatic heterocycles. The van der Waals surface area contributed by atoms with Gasteiger partial charge in [0.1, 0.15) is 0 Å². The highest BCUT2D eigenvalue weighted by molar-refractivity contribution is 7.99. The van der Waals surface area contributed by atoms with E-state index in [4.69, 9.17) is 5.11 Å². The monoisotopic (exact) mass is 298 g/mol. The van der Waals surface area contributed by atoms with Gasteiger partial charge in [-0.2, -0.15) is 0 Å². The van der Waals surface area contributed by atoms with Crippen molar-refractivity contribution in [1.82, 2.24) is 10.3 Å². The van der Waals surface area contributed by atoms with Gasteiger partial charge in [-0.3, -0.25) is 0 Å². The van der Waals surface area contributed by atoms with Crippen molar-refractivity contribution < 1.29 is 5.11 Å². The van der Waals surface area contributed by atoms with E-state index in [1.54, 1.807) is 11.8 Å². The van der Waals surface area contributed by atoms with Gasteiger partial charge in [0, 0.05) is 39.5 Å². The Kier molecular flexibility index (Phi) is 4.60. The lowest BCUT2D eigenvalue weighted by Crippen LogP contribution is -2.17. The van der Waals surface area contributed by atoms with Crippen molar-refractivity contribution in [3.63, 3.8) is 0 Å². The zero-order valence-corrected chi connectivity index (χ0v) is 12.5. The molecule has 0 atom stereocenters. The Labute approximate surface area is 128 Å². The Morgan fingerprint density at radius 2 is 1.76 bits per heavy atom. The van der Waals surface area contributed by atoms with E-state index in [0.29, 0.717) is 6.54 Å². The Balaban J connectivity index is 1.95. The van der Waals surface area contributed by atoms with Crippen LogP contribution in [-0.4, -0.2) is 23.2 Å². The van der Waals surface area contributed by atoms with Gasteiger partial charge in [0.25, 0.3) is 0 Å². The smallest absolute Gasteiger partial charge is 0.0556 e. The summed E-state index contributed by atoms with van der Waals surface area (Å²) in [5.41, 5.74) is 2.32. The fraction of sp³-hybridized carbons (Fsp3) is 0.176. The van der Waals surface area contributed by atoms with Gasteiger partial charge >= 0.3 is 0 Å². The van der Waals surface area contributed by atoms with Gasteiger partial charge in [-0.1, -0.05) is 48.2 Å². The van der Waals surface area contributed by atoms with Crippen molar-refractivity contribution in [3.8, 4) is 0 Å². The number of para-hydroxylation sites is 1. The molecule has 3 rings (SSSR count). The minimum absolute atomic E-state index is 0.154. The van der Waals surface area contributed by atoms with Crippen LogP contribution in [0.1, 0.15) is 5.69 Å². The van der Waals surface area contributed by atoms with Gasteiger partial charge in [0.2, 0.25) is 0 Å². The largest absolute Gasteiger partial charge is 0.395 e. The van der Waals surface area contributed by atoms with Crippen LogP contribution in [0.4, 0.5) is 0 Å². The van der Waals surface area contributed by atoms with Crippen molar-refractivity contribution in [1.29, 1.82) is 0 Å². The summed E-state index contributed by atoms with van der Waals surface area (Å²) in [6, 6.07) is 18.7. The summed E-state index contributed by atoms with van der Waals surface area (Å²) in [5, 5.41) is 13.4. The van der Waals surface area contributed by atoms with Crippen LogP contribution >= 0.6 is 11.8 Å². The molecular weight excluding hydrogens is 280 g/mol. The number of fused-ring (bicyclic) bond motifs is 1. The van der Waals surface area contributed by atoms with E-state index in [2.05, 4.69) is 52.8 Å². The molecular formula is C17H18N2OS. The highest BCUT2D eigenvalue weighted by atomic mass is 32.2. The SMILES string of the molecule is OCCNCc1[nH]c2ccccc2c1Sc1ccccc1. The number of hydrogen-bond donors (Lipinski definition) is 3. The predicted octanol–water partition coefficient (Wildman–Crippen LogP) is 3.40. The highest BCUT2D eigenvalue weighted by Gasteiger charge is 2.12. The number of aromatic nitrogens is 1. The van der Waals surface area contributed by atoms with Crippen molar-refractivity contribution in [2.75, 3.05) is 13.2 Å². The van der Waals surface area contributed by atoms with E-state index in [1.807, 2.05) is 12.1 Å². The molecule has 3 aromatic rings. The first-order valence-corrected chi connectivity index (χ1v) is 7.84. The van der Waals surface area contributed by atoms with Crippen LogP contribution in [0.25, 0.3) is 10.9 Å². The van der Waals surface area contributed by atoms with Crippen LogP contribution in [0.5, 0.6) is 0 Å². The third kappa shape index (κ3) is 3.29. The summed E-state index contributed by atoms with van der Waals surface area (Å²) in [4.78, 5) is 5.96. The van der Waals surface area contributed by atoms with Gasteiger partial charge in [0.05, 0.1) is 6.61 Å². The fourth-order valence-electron chi connectivity index (χ4n) is 2.31. The van der Waals surface area contributed by atoms with Gasteiger partial charge in [0.15, 0.2) is 0 Å². The molecule has 108 valence electrons. The van der Waals surface area contributed by atoms with Crippen LogP contribution < -0.4 is 5.32 Å². The van der Waals surface area contributed by atoms with E-state index in [9.17, 15) is 0 Å². The van der Waals surface area contributed by atoms with Crippen molar-refractivity contribution in [2.24, 2.45) is 0 Å². The molecule has 0 radical (unpaired) electrons. The summed E-state index contributed by atoms with van der Waals surface area (Å²) in [6.45, 7) is 1.48. The summed E-state index contributed by atoms with van der Waals surface area (Å²) in [6.07, 6.45) is 0.